The number of oxime groups is 1. The van der Waals surface area contributed by atoms with Crippen molar-refractivity contribution < 1.29 is 14.4 Å². The number of aromatic nitrogens is 2. The van der Waals surface area contributed by atoms with Crippen LogP contribution in [0, 0.1) is 12.3 Å². The molecule has 4 rings (SSSR count). The molecule has 1 N–H and O–H groups in total. The van der Waals surface area contributed by atoms with E-state index in [1.165, 1.54) is 0 Å². The van der Waals surface area contributed by atoms with E-state index in [1.54, 1.807) is 18.0 Å². The number of carbonyl (C=O) groups is 2. The van der Waals surface area contributed by atoms with E-state index < -0.39 is 5.41 Å². The first-order chi connectivity index (χ1) is 15.4. The highest BCUT2D eigenvalue weighted by atomic mass is 16.6. The second kappa shape index (κ2) is 9.14. The molecule has 0 aliphatic carbocycles. The van der Waals surface area contributed by atoms with Crippen LogP contribution in [0.15, 0.2) is 41.8 Å². The summed E-state index contributed by atoms with van der Waals surface area (Å²) >= 11 is 0. The Morgan fingerprint density at radius 3 is 2.84 bits per heavy atom. The Balaban J connectivity index is 1.50. The zero-order valence-electron chi connectivity index (χ0n) is 19.0. The molecule has 0 unspecified atom stereocenters. The number of likely N-dealkylation sites (tertiary alicyclic amines) is 1. The van der Waals surface area contributed by atoms with Gasteiger partial charge in [-0.05, 0) is 25.3 Å². The van der Waals surface area contributed by atoms with Gasteiger partial charge in [-0.15, -0.1) is 0 Å². The highest BCUT2D eigenvalue weighted by Gasteiger charge is 2.46. The topological polar surface area (TPSA) is 88.8 Å². The van der Waals surface area contributed by atoms with E-state index in [0.29, 0.717) is 38.9 Å². The van der Waals surface area contributed by atoms with E-state index in [9.17, 15) is 9.59 Å². The molecule has 0 saturated carbocycles. The molecule has 1 fully saturated rings. The monoisotopic (exact) mass is 437 g/mol. The average molecular weight is 438 g/mol. The fraction of sp³-hybridized carbons (Fsp3) is 0.500. The van der Waals surface area contributed by atoms with Gasteiger partial charge in [0.2, 0.25) is 11.8 Å². The van der Waals surface area contributed by atoms with Crippen LogP contribution >= 0.6 is 0 Å². The lowest BCUT2D eigenvalue weighted by atomic mass is 9.73. The summed E-state index contributed by atoms with van der Waals surface area (Å²) in [5, 5.41) is 7.42. The van der Waals surface area contributed by atoms with Gasteiger partial charge >= 0.3 is 0 Å². The van der Waals surface area contributed by atoms with Crippen molar-refractivity contribution in [2.24, 2.45) is 17.6 Å². The Morgan fingerprint density at radius 2 is 2.12 bits per heavy atom. The molecule has 170 valence electrons. The third-order valence-corrected chi connectivity index (χ3v) is 6.64. The van der Waals surface area contributed by atoms with Gasteiger partial charge in [0.25, 0.3) is 0 Å². The zero-order valence-corrected chi connectivity index (χ0v) is 19.0. The number of aryl methyl sites for hydroxylation is 2. The lowest BCUT2D eigenvalue weighted by Gasteiger charge is -2.42. The maximum Gasteiger partial charge on any atom is 0.228 e. The van der Waals surface area contributed by atoms with Gasteiger partial charge in [-0.3, -0.25) is 9.59 Å². The molecule has 0 bridgehead atoms. The number of nitrogens with one attached hydrogen (secondary N) is 1. The van der Waals surface area contributed by atoms with Crippen molar-refractivity contribution in [3.63, 3.8) is 0 Å². The highest BCUT2D eigenvalue weighted by Crippen LogP contribution is 2.38. The molecule has 1 aromatic carbocycles. The van der Waals surface area contributed by atoms with Gasteiger partial charge < -0.3 is 19.6 Å². The van der Waals surface area contributed by atoms with Crippen LogP contribution < -0.4 is 5.32 Å². The van der Waals surface area contributed by atoms with Gasteiger partial charge in [-0.2, -0.15) is 0 Å². The summed E-state index contributed by atoms with van der Waals surface area (Å²) in [5.41, 5.74) is 2.43. The molecule has 3 heterocycles. The summed E-state index contributed by atoms with van der Waals surface area (Å²) in [5.74, 6) is 0.726. The minimum atomic E-state index is -0.712. The van der Waals surface area contributed by atoms with Gasteiger partial charge in [-0.25, -0.2) is 4.98 Å². The molecule has 1 saturated heterocycles. The minimum absolute atomic E-state index is 0.00448. The third-order valence-electron chi connectivity index (χ3n) is 6.64. The number of carbonyl (C=O) groups excluding carboxylic acids is 2. The zero-order chi connectivity index (χ0) is 22.7. The number of rotatable bonds is 6. The van der Waals surface area contributed by atoms with Gasteiger partial charge in [0, 0.05) is 57.9 Å². The van der Waals surface area contributed by atoms with Gasteiger partial charge in [0.1, 0.15) is 11.9 Å². The van der Waals surface area contributed by atoms with Gasteiger partial charge in [0.15, 0.2) is 0 Å². The second-order valence-corrected chi connectivity index (χ2v) is 8.95. The van der Waals surface area contributed by atoms with Crippen LogP contribution in [0.5, 0.6) is 0 Å². The van der Waals surface area contributed by atoms with E-state index >= 15 is 0 Å². The number of nitrogens with zero attached hydrogens (tertiary/aromatic N) is 4. The minimum Gasteiger partial charge on any atom is -0.392 e. The maximum atomic E-state index is 13.5. The number of hydrogen-bond donors (Lipinski definition) is 1. The molecule has 2 aliphatic rings. The van der Waals surface area contributed by atoms with Crippen LogP contribution in [0.25, 0.3) is 0 Å². The molecule has 1 aromatic heterocycles. The Morgan fingerprint density at radius 1 is 1.31 bits per heavy atom. The Bertz CT molecular complexity index is 1030. The fourth-order valence-corrected chi connectivity index (χ4v) is 4.79. The van der Waals surface area contributed by atoms with Crippen LogP contribution in [-0.4, -0.2) is 51.2 Å². The largest absolute Gasteiger partial charge is 0.392 e. The molecular formula is C24H31N5O3. The molecule has 2 amide bonds. The first-order valence-corrected chi connectivity index (χ1v) is 11.2. The first kappa shape index (κ1) is 22.0. The fourth-order valence-electron chi connectivity index (χ4n) is 4.79. The van der Waals surface area contributed by atoms with E-state index in [0.717, 1.165) is 29.1 Å². The number of imidazole rings is 1. The predicted octanol–water partition coefficient (Wildman–Crippen LogP) is 2.56. The molecule has 8 heteroatoms. The van der Waals surface area contributed by atoms with Crippen LogP contribution in [0.3, 0.4) is 0 Å². The van der Waals surface area contributed by atoms with Crippen molar-refractivity contribution in [3.8, 4) is 0 Å². The summed E-state index contributed by atoms with van der Waals surface area (Å²) in [4.78, 5) is 37.5. The standard InChI is InChI=1S/C24H31N5O3/c1-17-7-4-5-8-20(17)21-13-19(32-27-21)14-24(9-6-11-29(16-24)18(2)30)23(31)26-15-22-25-10-12-28(22)3/h4-5,7-8,10,12,19H,6,9,11,13-16H2,1-3H3,(H,26,31)/t19-,24+/m1/s1. The van der Waals surface area contributed by atoms with Crippen LogP contribution in [-0.2, 0) is 28.0 Å². The van der Waals surface area contributed by atoms with Crippen LogP contribution in [0.4, 0.5) is 0 Å². The number of benzene rings is 1. The van der Waals surface area contributed by atoms with Crippen molar-refractivity contribution in [2.75, 3.05) is 13.1 Å². The molecule has 2 atom stereocenters. The molecule has 2 aromatic rings. The van der Waals surface area contributed by atoms with E-state index in [-0.39, 0.29) is 17.9 Å². The summed E-state index contributed by atoms with van der Waals surface area (Å²) in [6.45, 7) is 5.05. The van der Waals surface area contributed by atoms with Crippen LogP contribution in [0.1, 0.15) is 49.6 Å². The molecular weight excluding hydrogens is 406 g/mol. The molecule has 0 radical (unpaired) electrons. The Labute approximate surface area is 188 Å². The second-order valence-electron chi connectivity index (χ2n) is 8.95. The third kappa shape index (κ3) is 4.54. The summed E-state index contributed by atoms with van der Waals surface area (Å²) < 4.78 is 1.89. The summed E-state index contributed by atoms with van der Waals surface area (Å²) in [6.07, 6.45) is 6.03. The lowest BCUT2D eigenvalue weighted by Crippen LogP contribution is -2.54. The van der Waals surface area contributed by atoms with Crippen molar-refractivity contribution >= 4 is 17.5 Å². The smallest absolute Gasteiger partial charge is 0.228 e. The van der Waals surface area contributed by atoms with Crippen molar-refractivity contribution in [1.82, 2.24) is 19.8 Å². The molecule has 2 aliphatic heterocycles. The average Bonchev–Trinajstić information content (AvgIpc) is 3.41. The van der Waals surface area contributed by atoms with Crippen molar-refractivity contribution in [2.45, 2.75) is 52.2 Å². The number of amides is 2. The van der Waals surface area contributed by atoms with Crippen LogP contribution in [0.2, 0.25) is 0 Å². The van der Waals surface area contributed by atoms with E-state index in [2.05, 4.69) is 28.4 Å². The Hall–Kier alpha value is -3.16. The molecule has 0 spiro atoms. The van der Waals surface area contributed by atoms with Gasteiger partial charge in [-0.1, -0.05) is 29.4 Å². The SMILES string of the molecule is CC(=O)N1CCC[C@@](C[C@H]2CC(c3ccccc3C)=NO2)(C(=O)NCc2nccn2C)C1. The molecule has 32 heavy (non-hydrogen) atoms. The maximum absolute atomic E-state index is 13.5. The Kier molecular flexibility index (Phi) is 6.30. The predicted molar refractivity (Wildman–Crippen MR) is 121 cm³/mol. The molecule has 8 nitrogen and oxygen atoms in total. The van der Waals surface area contributed by atoms with Crippen molar-refractivity contribution in [1.29, 1.82) is 0 Å². The van der Waals surface area contributed by atoms with E-state index in [4.69, 9.17) is 4.84 Å². The highest BCUT2D eigenvalue weighted by molar-refractivity contribution is 6.02. The van der Waals surface area contributed by atoms with Crippen molar-refractivity contribution in [3.05, 3.63) is 53.6 Å². The first-order valence-electron chi connectivity index (χ1n) is 11.2. The normalized spacial score (nSPS) is 22.9. The lowest BCUT2D eigenvalue weighted by molar-refractivity contribution is -0.143. The number of piperidine rings is 1. The number of hydrogen-bond acceptors (Lipinski definition) is 5. The van der Waals surface area contributed by atoms with Gasteiger partial charge in [0.05, 0.1) is 17.7 Å². The summed E-state index contributed by atoms with van der Waals surface area (Å²) in [7, 11) is 1.90. The summed E-state index contributed by atoms with van der Waals surface area (Å²) in [6, 6.07) is 8.11. The van der Waals surface area contributed by atoms with E-state index in [1.807, 2.05) is 36.0 Å². The quantitative estimate of drug-likeness (QED) is 0.752.